The fraction of sp³-hybridized carbons (Fsp3) is 0.319. The van der Waals surface area contributed by atoms with Crippen molar-refractivity contribution in [3.05, 3.63) is 132 Å². The molecular formula is C47H50N4OPd. The number of pyridine rings is 1. The predicted molar refractivity (Wildman–Crippen MR) is 215 cm³/mol. The maximum Gasteiger partial charge on any atom is 2.00 e. The minimum atomic E-state index is 0. The number of aryl methyl sites for hydroxylation is 1. The fourth-order valence-electron chi connectivity index (χ4n) is 7.07. The van der Waals surface area contributed by atoms with Crippen molar-refractivity contribution in [3.63, 3.8) is 0 Å². The van der Waals surface area contributed by atoms with Gasteiger partial charge in [-0.1, -0.05) is 110 Å². The van der Waals surface area contributed by atoms with Gasteiger partial charge in [-0.25, -0.2) is 4.98 Å². The molecular weight excluding hydrogens is 743 g/mol. The van der Waals surface area contributed by atoms with Crippen molar-refractivity contribution in [2.45, 2.75) is 92.9 Å². The Balaban J connectivity index is 0.00000481. The Labute approximate surface area is 329 Å². The minimum Gasteiger partial charge on any atom is -0.509 e. The van der Waals surface area contributed by atoms with Gasteiger partial charge in [0, 0.05) is 34.5 Å². The molecule has 0 aliphatic carbocycles. The zero-order valence-corrected chi connectivity index (χ0v) is 33.8. The molecule has 0 amide bonds. The second kappa shape index (κ2) is 15.9. The number of benzene rings is 4. The van der Waals surface area contributed by atoms with E-state index in [-0.39, 0.29) is 31.8 Å². The monoisotopic (exact) mass is 792 g/mol. The van der Waals surface area contributed by atoms with Gasteiger partial charge in [-0.15, -0.1) is 35.7 Å². The van der Waals surface area contributed by atoms with Gasteiger partial charge in [0.1, 0.15) is 5.82 Å². The van der Waals surface area contributed by atoms with E-state index < -0.39 is 0 Å². The molecule has 0 bridgehead atoms. The van der Waals surface area contributed by atoms with Gasteiger partial charge in [0.25, 0.3) is 0 Å². The third kappa shape index (κ3) is 8.05. The molecule has 7 aromatic rings. The summed E-state index contributed by atoms with van der Waals surface area (Å²) in [4.78, 5) is 4.80. The van der Waals surface area contributed by atoms with Crippen molar-refractivity contribution < 1.29 is 25.2 Å². The molecule has 274 valence electrons. The first-order valence-electron chi connectivity index (χ1n) is 18.8. The normalized spacial score (nSPS) is 11.9. The van der Waals surface area contributed by atoms with E-state index in [0.29, 0.717) is 17.4 Å². The molecule has 0 spiro atoms. The van der Waals surface area contributed by atoms with Gasteiger partial charge in [-0.05, 0) is 82.5 Å². The van der Waals surface area contributed by atoms with Crippen molar-refractivity contribution in [3.8, 4) is 34.1 Å². The first kappa shape index (κ1) is 38.2. The molecule has 6 heteroatoms. The zero-order valence-electron chi connectivity index (χ0n) is 32.2. The van der Waals surface area contributed by atoms with Gasteiger partial charge in [0.15, 0.2) is 0 Å². The van der Waals surface area contributed by atoms with E-state index in [1.165, 1.54) is 27.9 Å². The van der Waals surface area contributed by atoms with Gasteiger partial charge < -0.3 is 9.30 Å². The van der Waals surface area contributed by atoms with Gasteiger partial charge in [-0.3, -0.25) is 4.68 Å². The number of hydrogen-bond donors (Lipinski definition) is 0. The molecule has 0 atom stereocenters. The maximum absolute atomic E-state index is 6.57. The van der Waals surface area contributed by atoms with Crippen LogP contribution in [0, 0.1) is 17.5 Å². The van der Waals surface area contributed by atoms with Crippen LogP contribution in [0.3, 0.4) is 0 Å². The summed E-state index contributed by atoms with van der Waals surface area (Å²) < 4.78 is 10.9. The summed E-state index contributed by atoms with van der Waals surface area (Å²) >= 11 is 0. The van der Waals surface area contributed by atoms with E-state index in [9.17, 15) is 0 Å². The quantitative estimate of drug-likeness (QED) is 0.0968. The van der Waals surface area contributed by atoms with Crippen LogP contribution in [0.5, 0.6) is 11.5 Å². The zero-order chi connectivity index (χ0) is 36.6. The van der Waals surface area contributed by atoms with Crippen molar-refractivity contribution in [2.24, 2.45) is 5.41 Å². The molecule has 5 nitrogen and oxygen atoms in total. The first-order chi connectivity index (χ1) is 25.0. The average molecular weight is 793 g/mol. The fourth-order valence-corrected chi connectivity index (χ4v) is 7.07. The molecule has 0 unspecified atom stereocenters. The summed E-state index contributed by atoms with van der Waals surface area (Å²) in [7, 11) is 0. The average Bonchev–Trinajstić information content (AvgIpc) is 3.67. The second-order valence-electron chi connectivity index (χ2n) is 15.8. The van der Waals surface area contributed by atoms with Crippen LogP contribution < -0.4 is 4.74 Å². The molecule has 4 aromatic carbocycles. The van der Waals surface area contributed by atoms with Gasteiger partial charge in [-0.2, -0.15) is 17.2 Å². The van der Waals surface area contributed by atoms with Crippen molar-refractivity contribution in [2.75, 3.05) is 0 Å². The summed E-state index contributed by atoms with van der Waals surface area (Å²) in [6, 6.07) is 39.2. The van der Waals surface area contributed by atoms with E-state index in [2.05, 4.69) is 150 Å². The van der Waals surface area contributed by atoms with Gasteiger partial charge in [0.05, 0.1) is 5.69 Å². The summed E-state index contributed by atoms with van der Waals surface area (Å²) in [6.45, 7) is 18.0. The summed E-state index contributed by atoms with van der Waals surface area (Å²) in [5.41, 5.74) is 10.4. The van der Waals surface area contributed by atoms with Crippen LogP contribution in [0.15, 0.2) is 97.2 Å². The van der Waals surface area contributed by atoms with Crippen LogP contribution >= 0.6 is 0 Å². The molecule has 0 aliphatic rings. The smallest absolute Gasteiger partial charge is 0.509 e. The summed E-state index contributed by atoms with van der Waals surface area (Å²) in [6.07, 6.45) is 6.05. The molecule has 0 saturated heterocycles. The number of hydrogen-bond acceptors (Lipinski definition) is 3. The predicted octanol–water partition coefficient (Wildman–Crippen LogP) is 12.6. The Hall–Kier alpha value is -4.50. The van der Waals surface area contributed by atoms with Crippen LogP contribution in [-0.2, 0) is 33.3 Å². The molecule has 0 aliphatic heterocycles. The Morgan fingerprint density at radius 3 is 2.25 bits per heavy atom. The van der Waals surface area contributed by atoms with Crippen molar-refractivity contribution >= 4 is 21.8 Å². The van der Waals surface area contributed by atoms with E-state index >= 15 is 0 Å². The number of nitrogens with zero attached hydrogens (tertiary/aromatic N) is 4. The van der Waals surface area contributed by atoms with Gasteiger partial charge in [0.2, 0.25) is 0 Å². The SMILES string of the molecule is CCCc1ccc(-c2c(C(C)C)nn(-c3[c-]c(Oc4[c-]c5c(cc4)c4ccccc4n5-c4cc(C(C)C)ccn4)ccc3)c2CCC(C)(C)C)cc1.[Pd+2]. The number of fused-ring (bicyclic) bond motifs is 3. The number of rotatable bonds is 11. The Bertz CT molecular complexity index is 2340. The molecule has 0 radical (unpaired) electrons. The maximum atomic E-state index is 6.57. The van der Waals surface area contributed by atoms with Crippen LogP contribution in [0.1, 0.15) is 103 Å². The topological polar surface area (TPSA) is 44.9 Å². The van der Waals surface area contributed by atoms with Crippen molar-refractivity contribution in [1.82, 2.24) is 19.3 Å². The molecule has 3 heterocycles. The van der Waals surface area contributed by atoms with E-state index in [0.717, 1.165) is 64.7 Å². The molecule has 3 aromatic heterocycles. The molecule has 0 fully saturated rings. The Morgan fingerprint density at radius 2 is 1.53 bits per heavy atom. The standard InChI is InChI=1S/C47H50N4O.Pd/c1-9-13-33-18-20-34(21-19-33)45-42(24-26-47(6,7)8)51(49-46(45)32(4)5)36-14-12-15-37(29-36)52-38-22-23-40-39-16-10-11-17-41(39)50(43(40)30-38)44-28-35(31(2)3)25-27-48-44;/h10-12,14-23,25,27-28,31-32H,9,13,24,26H2,1-8H3;/q-2;+2. The van der Waals surface area contributed by atoms with E-state index in [4.69, 9.17) is 14.8 Å². The summed E-state index contributed by atoms with van der Waals surface area (Å²) in [5, 5.41) is 7.57. The third-order valence-electron chi connectivity index (χ3n) is 9.87. The molecule has 0 saturated carbocycles. The van der Waals surface area contributed by atoms with Gasteiger partial charge >= 0.3 is 20.4 Å². The van der Waals surface area contributed by atoms with Crippen LogP contribution in [0.2, 0.25) is 0 Å². The molecule has 53 heavy (non-hydrogen) atoms. The van der Waals surface area contributed by atoms with E-state index in [1.807, 2.05) is 24.4 Å². The first-order valence-corrected chi connectivity index (χ1v) is 18.8. The van der Waals surface area contributed by atoms with E-state index in [1.54, 1.807) is 0 Å². The molecule has 0 N–H and O–H groups in total. The number of para-hydroxylation sites is 1. The Kier molecular flexibility index (Phi) is 11.4. The number of ether oxygens (including phenoxy) is 1. The van der Waals surface area contributed by atoms with Crippen molar-refractivity contribution in [1.29, 1.82) is 0 Å². The Morgan fingerprint density at radius 1 is 0.774 bits per heavy atom. The van der Waals surface area contributed by atoms with Crippen LogP contribution in [0.4, 0.5) is 0 Å². The van der Waals surface area contributed by atoms with Crippen LogP contribution in [0.25, 0.3) is 44.4 Å². The second-order valence-corrected chi connectivity index (χ2v) is 15.8. The minimum absolute atomic E-state index is 0. The third-order valence-corrected chi connectivity index (χ3v) is 9.87. The largest absolute Gasteiger partial charge is 2.00 e. The number of aromatic nitrogens is 4. The molecule has 7 rings (SSSR count). The van der Waals surface area contributed by atoms with Crippen LogP contribution in [-0.4, -0.2) is 19.3 Å². The summed E-state index contributed by atoms with van der Waals surface area (Å²) in [5.74, 6) is 2.75.